The highest BCUT2D eigenvalue weighted by Gasteiger charge is 2.33. The summed E-state index contributed by atoms with van der Waals surface area (Å²) in [7, 11) is 0. The maximum absolute atomic E-state index is 13.3. The molecule has 0 amide bonds. The van der Waals surface area contributed by atoms with E-state index in [-0.39, 0.29) is 17.3 Å². The molecule has 3 nitrogen and oxygen atoms in total. The Morgan fingerprint density at radius 1 is 0.400 bits per heavy atom. The Kier molecular flexibility index (Phi) is 28.3. The maximum atomic E-state index is 13.3. The van der Waals surface area contributed by atoms with Crippen molar-refractivity contribution in [2.24, 2.45) is 5.92 Å². The molecular formula is C42H72O3. The fraction of sp³-hybridized carbons (Fsp3) is 0.786. The molecule has 1 aromatic carbocycles. The lowest BCUT2D eigenvalue weighted by Gasteiger charge is -2.14. The largest absolute Gasteiger partial charge is 0.298 e. The van der Waals surface area contributed by atoms with Crippen LogP contribution in [-0.4, -0.2) is 17.3 Å². The zero-order valence-corrected chi connectivity index (χ0v) is 29.9. The Labute approximate surface area is 279 Å². The summed E-state index contributed by atoms with van der Waals surface area (Å²) in [6, 6.07) is 8.93. The van der Waals surface area contributed by atoms with Crippen molar-refractivity contribution in [3.05, 3.63) is 35.9 Å². The van der Waals surface area contributed by atoms with E-state index in [1.54, 1.807) is 24.3 Å². The van der Waals surface area contributed by atoms with Gasteiger partial charge in [0, 0.05) is 18.4 Å². The highest BCUT2D eigenvalue weighted by Crippen LogP contribution is 2.20. The van der Waals surface area contributed by atoms with E-state index in [2.05, 4.69) is 13.8 Å². The van der Waals surface area contributed by atoms with Crippen LogP contribution in [0.4, 0.5) is 0 Å². The summed E-state index contributed by atoms with van der Waals surface area (Å²) < 4.78 is 0. The number of hydrogen-bond acceptors (Lipinski definition) is 3. The lowest BCUT2D eigenvalue weighted by Crippen LogP contribution is -2.32. The van der Waals surface area contributed by atoms with Gasteiger partial charge in [-0.15, -0.1) is 0 Å². The SMILES string of the molecule is CCCCCCCCCCCCCCCCCC(=O)C(C(=O)CCCCCCCCCCCCCCC)C(=O)c1ccccc1. The van der Waals surface area contributed by atoms with Crippen molar-refractivity contribution < 1.29 is 14.4 Å². The summed E-state index contributed by atoms with van der Waals surface area (Å²) in [6.45, 7) is 4.54. The lowest BCUT2D eigenvalue weighted by atomic mass is 9.85. The van der Waals surface area contributed by atoms with Crippen LogP contribution in [0.1, 0.15) is 217 Å². The minimum Gasteiger partial charge on any atom is -0.298 e. The van der Waals surface area contributed by atoms with E-state index in [9.17, 15) is 14.4 Å². The number of unbranched alkanes of at least 4 members (excludes halogenated alkanes) is 26. The summed E-state index contributed by atoms with van der Waals surface area (Å²) in [6.07, 6.45) is 36.1. The molecule has 0 fully saturated rings. The van der Waals surface area contributed by atoms with Crippen LogP contribution >= 0.6 is 0 Å². The number of rotatable bonds is 34. The van der Waals surface area contributed by atoms with Crippen LogP contribution in [0.2, 0.25) is 0 Å². The van der Waals surface area contributed by atoms with Crippen LogP contribution in [0.15, 0.2) is 30.3 Å². The molecule has 0 aromatic heterocycles. The molecule has 258 valence electrons. The van der Waals surface area contributed by atoms with Gasteiger partial charge in [-0.1, -0.05) is 211 Å². The van der Waals surface area contributed by atoms with E-state index in [0.717, 1.165) is 38.5 Å². The second kappa shape index (κ2) is 30.9. The van der Waals surface area contributed by atoms with Gasteiger partial charge in [0.1, 0.15) is 5.92 Å². The third-order valence-electron chi connectivity index (χ3n) is 9.52. The van der Waals surface area contributed by atoms with E-state index >= 15 is 0 Å². The van der Waals surface area contributed by atoms with E-state index < -0.39 is 5.92 Å². The van der Waals surface area contributed by atoms with Gasteiger partial charge in [0.15, 0.2) is 17.3 Å². The summed E-state index contributed by atoms with van der Waals surface area (Å²) in [4.78, 5) is 39.7. The van der Waals surface area contributed by atoms with Gasteiger partial charge in [-0.05, 0) is 12.8 Å². The molecule has 0 saturated carbocycles. The number of benzene rings is 1. The van der Waals surface area contributed by atoms with Crippen molar-refractivity contribution in [1.82, 2.24) is 0 Å². The number of carbonyl (C=O) groups is 3. The fourth-order valence-corrected chi connectivity index (χ4v) is 6.52. The third-order valence-corrected chi connectivity index (χ3v) is 9.52. The van der Waals surface area contributed by atoms with E-state index in [4.69, 9.17) is 0 Å². The Hall–Kier alpha value is -1.77. The first kappa shape index (κ1) is 41.3. The summed E-state index contributed by atoms with van der Waals surface area (Å²) in [5.41, 5.74) is 0.478. The number of carbonyl (C=O) groups excluding carboxylic acids is 3. The molecule has 1 unspecified atom stereocenters. The van der Waals surface area contributed by atoms with Gasteiger partial charge in [0.05, 0.1) is 0 Å². The molecule has 0 aliphatic rings. The quantitative estimate of drug-likeness (QED) is 0.0435. The van der Waals surface area contributed by atoms with E-state index in [1.165, 1.54) is 141 Å². The molecule has 0 aliphatic heterocycles. The number of hydrogen-bond donors (Lipinski definition) is 0. The molecule has 0 N–H and O–H groups in total. The standard InChI is InChI=1S/C42H72O3/c1-3-5-7-9-11-13-15-17-18-20-22-24-26-28-33-37-40(44)41(42(45)38-34-30-29-31-35-38)39(43)36-32-27-25-23-21-19-16-14-12-10-8-6-4-2/h29-31,34-35,41H,3-28,32-33,36-37H2,1-2H3. The van der Waals surface area contributed by atoms with Gasteiger partial charge in [-0.25, -0.2) is 0 Å². The number of ketones is 3. The molecule has 45 heavy (non-hydrogen) atoms. The Bertz CT molecular complexity index is 830. The van der Waals surface area contributed by atoms with Crippen molar-refractivity contribution in [3.63, 3.8) is 0 Å². The molecule has 0 saturated heterocycles. The molecule has 0 bridgehead atoms. The van der Waals surface area contributed by atoms with Gasteiger partial charge >= 0.3 is 0 Å². The maximum Gasteiger partial charge on any atom is 0.180 e. The molecule has 1 atom stereocenters. The van der Waals surface area contributed by atoms with Crippen molar-refractivity contribution in [1.29, 1.82) is 0 Å². The average molecular weight is 625 g/mol. The highest BCUT2D eigenvalue weighted by molar-refractivity contribution is 6.24. The van der Waals surface area contributed by atoms with Crippen LogP contribution in [0.25, 0.3) is 0 Å². The Morgan fingerprint density at radius 2 is 0.667 bits per heavy atom. The predicted molar refractivity (Wildman–Crippen MR) is 194 cm³/mol. The van der Waals surface area contributed by atoms with Crippen LogP contribution in [0, 0.1) is 5.92 Å². The first-order valence-electron chi connectivity index (χ1n) is 19.8. The van der Waals surface area contributed by atoms with E-state index in [1.807, 2.05) is 6.07 Å². The molecule has 1 rings (SSSR count). The second-order valence-electron chi connectivity index (χ2n) is 13.8. The summed E-state index contributed by atoms with van der Waals surface area (Å²) >= 11 is 0. The summed E-state index contributed by atoms with van der Waals surface area (Å²) in [5.74, 6) is -1.76. The summed E-state index contributed by atoms with van der Waals surface area (Å²) in [5, 5.41) is 0. The van der Waals surface area contributed by atoms with Gasteiger partial charge in [0.25, 0.3) is 0 Å². The molecule has 3 heteroatoms. The van der Waals surface area contributed by atoms with Gasteiger partial charge in [0.2, 0.25) is 0 Å². The minimum absolute atomic E-state index is 0.168. The van der Waals surface area contributed by atoms with E-state index in [0.29, 0.717) is 18.4 Å². The van der Waals surface area contributed by atoms with Crippen molar-refractivity contribution in [2.75, 3.05) is 0 Å². The topological polar surface area (TPSA) is 51.2 Å². The molecule has 0 spiro atoms. The molecular weight excluding hydrogens is 552 g/mol. The van der Waals surface area contributed by atoms with Crippen molar-refractivity contribution in [3.8, 4) is 0 Å². The zero-order valence-electron chi connectivity index (χ0n) is 29.9. The second-order valence-corrected chi connectivity index (χ2v) is 13.8. The fourth-order valence-electron chi connectivity index (χ4n) is 6.52. The van der Waals surface area contributed by atoms with Crippen LogP contribution in [0.3, 0.4) is 0 Å². The molecule has 0 aliphatic carbocycles. The number of Topliss-reactive ketones (excluding diaryl/α,β-unsaturated/α-hetero) is 3. The smallest absolute Gasteiger partial charge is 0.180 e. The third kappa shape index (κ3) is 23.2. The Morgan fingerprint density at radius 3 is 0.956 bits per heavy atom. The van der Waals surface area contributed by atoms with Gasteiger partial charge in [-0.2, -0.15) is 0 Å². The van der Waals surface area contributed by atoms with Crippen molar-refractivity contribution >= 4 is 17.3 Å². The monoisotopic (exact) mass is 625 g/mol. The van der Waals surface area contributed by atoms with Crippen LogP contribution in [0.5, 0.6) is 0 Å². The van der Waals surface area contributed by atoms with Gasteiger partial charge < -0.3 is 0 Å². The molecule has 0 radical (unpaired) electrons. The molecule has 0 heterocycles. The lowest BCUT2D eigenvalue weighted by molar-refractivity contribution is -0.130. The normalized spacial score (nSPS) is 12.0. The van der Waals surface area contributed by atoms with Gasteiger partial charge in [-0.3, -0.25) is 14.4 Å². The first-order chi connectivity index (χ1) is 22.1. The minimum atomic E-state index is -1.11. The predicted octanol–water partition coefficient (Wildman–Crippen LogP) is 13.4. The Balaban J connectivity index is 2.24. The van der Waals surface area contributed by atoms with Crippen molar-refractivity contribution in [2.45, 2.75) is 206 Å². The average Bonchev–Trinajstić information content (AvgIpc) is 3.05. The molecule has 1 aromatic rings. The first-order valence-corrected chi connectivity index (χ1v) is 19.8. The highest BCUT2D eigenvalue weighted by atomic mass is 16.2. The van der Waals surface area contributed by atoms with Crippen LogP contribution in [-0.2, 0) is 9.59 Å². The van der Waals surface area contributed by atoms with Crippen LogP contribution < -0.4 is 0 Å². The zero-order chi connectivity index (χ0) is 32.6.